The summed E-state index contributed by atoms with van der Waals surface area (Å²) in [5, 5.41) is 3.31. The van der Waals surface area contributed by atoms with Gasteiger partial charge in [-0.1, -0.05) is 13.3 Å². The fourth-order valence-electron chi connectivity index (χ4n) is 2.74. The molecule has 1 aromatic carbocycles. The zero-order valence-electron chi connectivity index (χ0n) is 13.2. The molecule has 2 rings (SSSR count). The molecule has 1 aliphatic rings. The van der Waals surface area contributed by atoms with Crippen molar-refractivity contribution in [2.75, 3.05) is 18.4 Å². The van der Waals surface area contributed by atoms with E-state index in [1.165, 1.54) is 6.42 Å². The molecular weight excluding hydrogens is 284 g/mol. The fourth-order valence-corrected chi connectivity index (χ4v) is 4.31. The first-order valence-corrected chi connectivity index (χ1v) is 9.27. The van der Waals surface area contributed by atoms with Crippen LogP contribution in [0.4, 0.5) is 5.69 Å². The standard InChI is InChI=1S/C16H26N2O2S/c1-4-8-17-15-9-12(2)16(13(3)10-15)21(19,20)18-11-14-6-5-7-14/h9-10,14,17-18H,4-8,11H2,1-3H3. The number of hydrogen-bond donors (Lipinski definition) is 2. The Kier molecular flexibility index (Phi) is 5.27. The third-order valence-corrected chi connectivity index (χ3v) is 5.82. The highest BCUT2D eigenvalue weighted by molar-refractivity contribution is 7.89. The number of rotatable bonds is 7. The normalized spacial score (nSPS) is 15.8. The Morgan fingerprint density at radius 2 is 1.81 bits per heavy atom. The molecule has 1 aliphatic carbocycles. The van der Waals surface area contributed by atoms with E-state index in [1.807, 2.05) is 26.0 Å². The predicted molar refractivity (Wildman–Crippen MR) is 87.2 cm³/mol. The minimum Gasteiger partial charge on any atom is -0.385 e. The highest BCUT2D eigenvalue weighted by Gasteiger charge is 2.24. The van der Waals surface area contributed by atoms with Crippen molar-refractivity contribution in [3.63, 3.8) is 0 Å². The highest BCUT2D eigenvalue weighted by atomic mass is 32.2. The third-order valence-electron chi connectivity index (χ3n) is 4.09. The Labute approximate surface area is 128 Å². The van der Waals surface area contributed by atoms with Crippen molar-refractivity contribution in [1.82, 2.24) is 4.72 Å². The van der Waals surface area contributed by atoms with Crippen molar-refractivity contribution in [2.45, 2.75) is 51.3 Å². The number of nitrogens with one attached hydrogen (secondary N) is 2. The smallest absolute Gasteiger partial charge is 0.241 e. The second-order valence-corrected chi connectivity index (χ2v) is 7.72. The number of anilines is 1. The second kappa shape index (κ2) is 6.79. The van der Waals surface area contributed by atoms with E-state index in [0.717, 1.165) is 42.6 Å². The molecule has 0 atom stereocenters. The summed E-state index contributed by atoms with van der Waals surface area (Å²) in [5.74, 6) is 0.519. The summed E-state index contributed by atoms with van der Waals surface area (Å²) in [5.41, 5.74) is 2.59. The topological polar surface area (TPSA) is 58.2 Å². The minimum absolute atomic E-state index is 0.434. The van der Waals surface area contributed by atoms with Gasteiger partial charge >= 0.3 is 0 Å². The zero-order valence-corrected chi connectivity index (χ0v) is 14.0. The van der Waals surface area contributed by atoms with Crippen LogP contribution in [0.2, 0.25) is 0 Å². The van der Waals surface area contributed by atoms with Gasteiger partial charge in [-0.05, 0) is 62.3 Å². The van der Waals surface area contributed by atoms with Gasteiger partial charge in [0.05, 0.1) is 4.90 Å². The lowest BCUT2D eigenvalue weighted by molar-refractivity contribution is 0.316. The predicted octanol–water partition coefficient (Wildman–Crippen LogP) is 3.20. The van der Waals surface area contributed by atoms with E-state index in [4.69, 9.17) is 0 Å². The molecule has 0 saturated heterocycles. The van der Waals surface area contributed by atoms with E-state index in [9.17, 15) is 8.42 Å². The van der Waals surface area contributed by atoms with Crippen LogP contribution in [0.5, 0.6) is 0 Å². The maximum Gasteiger partial charge on any atom is 0.241 e. The van der Waals surface area contributed by atoms with E-state index in [-0.39, 0.29) is 0 Å². The third kappa shape index (κ3) is 3.98. The molecule has 0 bridgehead atoms. The van der Waals surface area contributed by atoms with Gasteiger partial charge in [0.1, 0.15) is 0 Å². The molecule has 4 nitrogen and oxygen atoms in total. The van der Waals surface area contributed by atoms with Crippen LogP contribution < -0.4 is 10.0 Å². The molecule has 0 aliphatic heterocycles. The molecule has 0 amide bonds. The molecular formula is C16H26N2O2S. The number of aryl methyl sites for hydroxylation is 2. The maximum atomic E-state index is 12.5. The largest absolute Gasteiger partial charge is 0.385 e. The molecule has 1 aromatic rings. The maximum absolute atomic E-state index is 12.5. The molecule has 0 aromatic heterocycles. The summed E-state index contributed by atoms with van der Waals surface area (Å²) in [4.78, 5) is 0.434. The van der Waals surface area contributed by atoms with E-state index in [2.05, 4.69) is 17.0 Å². The number of benzene rings is 1. The molecule has 0 heterocycles. The van der Waals surface area contributed by atoms with Crippen molar-refractivity contribution in [3.05, 3.63) is 23.3 Å². The van der Waals surface area contributed by atoms with Gasteiger partial charge in [0.25, 0.3) is 0 Å². The van der Waals surface area contributed by atoms with Gasteiger partial charge in [0.2, 0.25) is 10.0 Å². The summed E-state index contributed by atoms with van der Waals surface area (Å²) >= 11 is 0. The lowest BCUT2D eigenvalue weighted by Gasteiger charge is -2.25. The Bertz CT molecular complexity index is 569. The molecule has 0 unspecified atom stereocenters. The van der Waals surface area contributed by atoms with E-state index >= 15 is 0 Å². The summed E-state index contributed by atoms with van der Waals surface area (Å²) in [6.45, 7) is 7.29. The van der Waals surface area contributed by atoms with Gasteiger partial charge in [-0.25, -0.2) is 13.1 Å². The monoisotopic (exact) mass is 310 g/mol. The molecule has 1 saturated carbocycles. The molecule has 2 N–H and O–H groups in total. The van der Waals surface area contributed by atoms with Gasteiger partial charge in [-0.15, -0.1) is 0 Å². The average Bonchev–Trinajstić information content (AvgIpc) is 2.33. The van der Waals surface area contributed by atoms with Crippen LogP contribution in [0.3, 0.4) is 0 Å². The van der Waals surface area contributed by atoms with Crippen LogP contribution in [0.25, 0.3) is 0 Å². The quantitative estimate of drug-likeness (QED) is 0.813. The van der Waals surface area contributed by atoms with E-state index < -0.39 is 10.0 Å². The van der Waals surface area contributed by atoms with Gasteiger partial charge in [0.15, 0.2) is 0 Å². The first-order chi connectivity index (χ1) is 9.94. The first kappa shape index (κ1) is 16.3. The minimum atomic E-state index is -3.41. The zero-order chi connectivity index (χ0) is 15.5. The van der Waals surface area contributed by atoms with Crippen molar-refractivity contribution < 1.29 is 8.42 Å². The van der Waals surface area contributed by atoms with Gasteiger partial charge in [0, 0.05) is 18.8 Å². The van der Waals surface area contributed by atoms with Crippen molar-refractivity contribution in [2.24, 2.45) is 5.92 Å². The summed E-state index contributed by atoms with van der Waals surface area (Å²) in [6, 6.07) is 3.83. The summed E-state index contributed by atoms with van der Waals surface area (Å²) in [7, 11) is -3.41. The van der Waals surface area contributed by atoms with Gasteiger partial charge in [-0.2, -0.15) is 0 Å². The van der Waals surface area contributed by atoms with E-state index in [1.54, 1.807) is 0 Å². The molecule has 5 heteroatoms. The van der Waals surface area contributed by atoms with Crippen LogP contribution in [0.15, 0.2) is 17.0 Å². The van der Waals surface area contributed by atoms with Crippen molar-refractivity contribution in [1.29, 1.82) is 0 Å². The number of sulfonamides is 1. The van der Waals surface area contributed by atoms with Crippen LogP contribution in [0, 0.1) is 19.8 Å². The Hall–Kier alpha value is -1.07. The molecule has 118 valence electrons. The van der Waals surface area contributed by atoms with Crippen molar-refractivity contribution >= 4 is 15.7 Å². The van der Waals surface area contributed by atoms with Crippen LogP contribution in [0.1, 0.15) is 43.7 Å². The van der Waals surface area contributed by atoms with Gasteiger partial charge < -0.3 is 5.32 Å². The summed E-state index contributed by atoms with van der Waals surface area (Å²) in [6.07, 6.45) is 4.55. The van der Waals surface area contributed by atoms with E-state index in [0.29, 0.717) is 17.4 Å². The first-order valence-electron chi connectivity index (χ1n) is 7.79. The average molecular weight is 310 g/mol. The van der Waals surface area contributed by atoms with Gasteiger partial charge in [-0.3, -0.25) is 0 Å². The Morgan fingerprint density at radius 1 is 1.19 bits per heavy atom. The number of hydrogen-bond acceptors (Lipinski definition) is 3. The Morgan fingerprint density at radius 3 is 2.29 bits per heavy atom. The van der Waals surface area contributed by atoms with Crippen LogP contribution >= 0.6 is 0 Å². The highest BCUT2D eigenvalue weighted by Crippen LogP contribution is 2.27. The molecule has 1 fully saturated rings. The molecule has 0 radical (unpaired) electrons. The summed E-state index contributed by atoms with van der Waals surface area (Å²) < 4.78 is 27.8. The van der Waals surface area contributed by atoms with Crippen LogP contribution in [-0.4, -0.2) is 21.5 Å². The molecule has 21 heavy (non-hydrogen) atoms. The SMILES string of the molecule is CCCNc1cc(C)c(S(=O)(=O)NCC2CCC2)c(C)c1. The van der Waals surface area contributed by atoms with Crippen molar-refractivity contribution in [3.8, 4) is 0 Å². The lowest BCUT2D eigenvalue weighted by Crippen LogP contribution is -2.33. The lowest BCUT2D eigenvalue weighted by atomic mass is 9.86. The molecule has 0 spiro atoms. The fraction of sp³-hybridized carbons (Fsp3) is 0.625. The second-order valence-electron chi connectivity index (χ2n) is 6.01. The Balaban J connectivity index is 2.17. The van der Waals surface area contributed by atoms with Crippen LogP contribution in [-0.2, 0) is 10.0 Å².